The molecule has 0 saturated carbocycles. The summed E-state index contributed by atoms with van der Waals surface area (Å²) in [5.41, 5.74) is 1.27. The van der Waals surface area contributed by atoms with Gasteiger partial charge in [-0.25, -0.2) is 4.98 Å². The van der Waals surface area contributed by atoms with E-state index in [9.17, 15) is 4.79 Å². The van der Waals surface area contributed by atoms with Crippen molar-refractivity contribution < 1.29 is 9.90 Å². The molecule has 0 amide bonds. The molecule has 5 nitrogen and oxygen atoms in total. The van der Waals surface area contributed by atoms with Gasteiger partial charge in [-0.3, -0.25) is 4.79 Å². The lowest BCUT2D eigenvalue weighted by Crippen LogP contribution is -2.03. The second-order valence-corrected chi connectivity index (χ2v) is 3.69. The first-order chi connectivity index (χ1) is 7.65. The van der Waals surface area contributed by atoms with Crippen LogP contribution in [0.4, 0.5) is 0 Å². The molecule has 0 unspecified atom stereocenters. The first-order valence-electron chi connectivity index (χ1n) is 4.66. The number of carboxylic acids is 1. The van der Waals surface area contributed by atoms with E-state index in [1.807, 2.05) is 0 Å². The average molecular weight is 238 g/mol. The molecule has 0 radical (unpaired) electrons. The molecule has 0 aliphatic carbocycles. The molecule has 0 bridgehead atoms. The summed E-state index contributed by atoms with van der Waals surface area (Å²) in [6.45, 7) is 0. The lowest BCUT2D eigenvalue weighted by atomic mass is 10.3. The van der Waals surface area contributed by atoms with Crippen LogP contribution in [0.3, 0.4) is 0 Å². The van der Waals surface area contributed by atoms with Crippen LogP contribution in [0.5, 0.6) is 0 Å². The van der Waals surface area contributed by atoms with Crippen molar-refractivity contribution in [3.05, 3.63) is 29.0 Å². The molecule has 6 heteroatoms. The first kappa shape index (κ1) is 10.8. The van der Waals surface area contributed by atoms with Crippen molar-refractivity contribution >= 4 is 28.6 Å². The highest BCUT2D eigenvalue weighted by molar-refractivity contribution is 6.31. The van der Waals surface area contributed by atoms with Gasteiger partial charge in [-0.1, -0.05) is 11.6 Å². The number of hydrogen-bond donors (Lipinski definition) is 1. The number of aromatic nitrogens is 3. The zero-order valence-corrected chi connectivity index (χ0v) is 8.98. The molecule has 0 spiro atoms. The molecule has 0 atom stereocenters. The second-order valence-electron chi connectivity index (χ2n) is 3.25. The normalized spacial score (nSPS) is 10.6. The maximum Gasteiger partial charge on any atom is 0.303 e. The van der Waals surface area contributed by atoms with Gasteiger partial charge in [-0.05, 0) is 18.2 Å². The fourth-order valence-electron chi connectivity index (χ4n) is 1.27. The molecule has 2 rings (SSSR count). The first-order valence-corrected chi connectivity index (χ1v) is 5.03. The number of rotatable bonds is 3. The molecule has 1 aromatic heterocycles. The third-order valence-electron chi connectivity index (χ3n) is 2.02. The Balaban J connectivity index is 2.31. The molecule has 82 valence electrons. The summed E-state index contributed by atoms with van der Waals surface area (Å²) >= 11 is 5.82. The molecule has 0 aliphatic heterocycles. The highest BCUT2D eigenvalue weighted by Gasteiger charge is 2.04. The number of hydrogen-bond acceptors (Lipinski definition) is 4. The number of halogens is 1. The molecule has 1 aromatic carbocycles. The predicted octanol–water partition coefficient (Wildman–Crippen LogP) is 1.70. The van der Waals surface area contributed by atoms with Crippen LogP contribution in [0.2, 0.25) is 5.02 Å². The SMILES string of the molecule is O=C(O)CCc1nnc2ccc(Cl)cc2n1. The third kappa shape index (κ3) is 2.43. The second kappa shape index (κ2) is 4.40. The van der Waals surface area contributed by atoms with E-state index in [2.05, 4.69) is 15.2 Å². The van der Waals surface area contributed by atoms with Gasteiger partial charge in [0, 0.05) is 11.4 Å². The highest BCUT2D eigenvalue weighted by Crippen LogP contribution is 2.15. The summed E-state index contributed by atoms with van der Waals surface area (Å²) in [6, 6.07) is 5.10. The van der Waals surface area contributed by atoms with Crippen LogP contribution in [-0.2, 0) is 11.2 Å². The number of fused-ring (bicyclic) bond motifs is 1. The smallest absolute Gasteiger partial charge is 0.303 e. The van der Waals surface area contributed by atoms with Crippen molar-refractivity contribution in [1.29, 1.82) is 0 Å². The number of benzene rings is 1. The van der Waals surface area contributed by atoms with Crippen LogP contribution >= 0.6 is 11.6 Å². The van der Waals surface area contributed by atoms with E-state index in [1.54, 1.807) is 18.2 Å². The van der Waals surface area contributed by atoms with Crippen LogP contribution in [0, 0.1) is 0 Å². The molecular weight excluding hydrogens is 230 g/mol. The van der Waals surface area contributed by atoms with Gasteiger partial charge in [0.2, 0.25) is 0 Å². The van der Waals surface area contributed by atoms with Crippen molar-refractivity contribution in [3.63, 3.8) is 0 Å². The maximum atomic E-state index is 10.4. The average Bonchev–Trinajstić information content (AvgIpc) is 2.25. The van der Waals surface area contributed by atoms with Crippen molar-refractivity contribution in [1.82, 2.24) is 15.2 Å². The summed E-state index contributed by atoms with van der Waals surface area (Å²) in [5, 5.41) is 16.9. The van der Waals surface area contributed by atoms with Crippen LogP contribution in [0.15, 0.2) is 18.2 Å². The van der Waals surface area contributed by atoms with Crippen molar-refractivity contribution in [2.24, 2.45) is 0 Å². The highest BCUT2D eigenvalue weighted by atomic mass is 35.5. The number of carboxylic acid groups (broad SMARTS) is 1. The Labute approximate surface area is 96.1 Å². The molecule has 1 N–H and O–H groups in total. The van der Waals surface area contributed by atoms with Crippen molar-refractivity contribution in [2.45, 2.75) is 12.8 Å². The van der Waals surface area contributed by atoms with E-state index in [1.165, 1.54) is 0 Å². The van der Waals surface area contributed by atoms with Crippen LogP contribution in [0.25, 0.3) is 11.0 Å². The Bertz CT molecular complexity index is 545. The minimum Gasteiger partial charge on any atom is -0.481 e. The van der Waals surface area contributed by atoms with Crippen LogP contribution in [0.1, 0.15) is 12.2 Å². The quantitative estimate of drug-likeness (QED) is 0.879. The minimum atomic E-state index is -0.880. The monoisotopic (exact) mass is 237 g/mol. The number of aliphatic carboxylic acids is 1. The summed E-state index contributed by atoms with van der Waals surface area (Å²) in [4.78, 5) is 14.6. The Morgan fingerprint density at radius 1 is 1.31 bits per heavy atom. The van der Waals surface area contributed by atoms with E-state index in [4.69, 9.17) is 16.7 Å². The van der Waals surface area contributed by atoms with E-state index in [0.29, 0.717) is 21.9 Å². The third-order valence-corrected chi connectivity index (χ3v) is 2.26. The van der Waals surface area contributed by atoms with E-state index in [-0.39, 0.29) is 12.8 Å². The van der Waals surface area contributed by atoms with Gasteiger partial charge in [0.05, 0.1) is 11.9 Å². The fraction of sp³-hybridized carbons (Fsp3) is 0.200. The van der Waals surface area contributed by atoms with E-state index >= 15 is 0 Å². The fourth-order valence-corrected chi connectivity index (χ4v) is 1.43. The van der Waals surface area contributed by atoms with Gasteiger partial charge in [0.15, 0.2) is 5.82 Å². The van der Waals surface area contributed by atoms with Gasteiger partial charge in [0.25, 0.3) is 0 Å². The van der Waals surface area contributed by atoms with Gasteiger partial charge >= 0.3 is 5.97 Å². The van der Waals surface area contributed by atoms with Gasteiger partial charge in [-0.2, -0.15) is 0 Å². The van der Waals surface area contributed by atoms with Gasteiger partial charge in [-0.15, -0.1) is 10.2 Å². The van der Waals surface area contributed by atoms with Gasteiger partial charge in [0.1, 0.15) is 5.52 Å². The largest absolute Gasteiger partial charge is 0.481 e. The summed E-state index contributed by atoms with van der Waals surface area (Å²) in [5.74, 6) is -0.466. The number of nitrogens with zero attached hydrogens (tertiary/aromatic N) is 3. The molecular formula is C10H8ClN3O2. The van der Waals surface area contributed by atoms with Crippen LogP contribution < -0.4 is 0 Å². The minimum absolute atomic E-state index is 0.00620. The van der Waals surface area contributed by atoms with E-state index in [0.717, 1.165) is 0 Å². The molecule has 16 heavy (non-hydrogen) atoms. The lowest BCUT2D eigenvalue weighted by Gasteiger charge is -1.99. The molecule has 0 saturated heterocycles. The van der Waals surface area contributed by atoms with Crippen molar-refractivity contribution in [2.75, 3.05) is 0 Å². The summed E-state index contributed by atoms with van der Waals surface area (Å²) < 4.78 is 0. The molecule has 1 heterocycles. The van der Waals surface area contributed by atoms with Gasteiger partial charge < -0.3 is 5.11 Å². The topological polar surface area (TPSA) is 76.0 Å². The lowest BCUT2D eigenvalue weighted by molar-refractivity contribution is -0.137. The van der Waals surface area contributed by atoms with Crippen LogP contribution in [-0.4, -0.2) is 26.3 Å². The zero-order chi connectivity index (χ0) is 11.5. The standard InChI is InChI=1S/C10H8ClN3O2/c11-6-1-2-7-8(5-6)12-9(14-13-7)3-4-10(15)16/h1-2,5H,3-4H2,(H,15,16). The Hall–Kier alpha value is -1.75. The predicted molar refractivity (Wildman–Crippen MR) is 58.3 cm³/mol. The summed E-state index contributed by atoms with van der Waals surface area (Å²) in [6.07, 6.45) is 0.262. The van der Waals surface area contributed by atoms with Crippen molar-refractivity contribution in [3.8, 4) is 0 Å². The Kier molecular flexibility index (Phi) is 2.96. The Morgan fingerprint density at radius 3 is 2.88 bits per heavy atom. The van der Waals surface area contributed by atoms with E-state index < -0.39 is 5.97 Å². The Morgan fingerprint density at radius 2 is 2.12 bits per heavy atom. The maximum absolute atomic E-state index is 10.4. The number of carbonyl (C=O) groups is 1. The number of aryl methyl sites for hydroxylation is 1. The molecule has 0 aliphatic rings. The molecule has 2 aromatic rings. The molecule has 0 fully saturated rings. The summed E-state index contributed by atoms with van der Waals surface area (Å²) in [7, 11) is 0. The zero-order valence-electron chi connectivity index (χ0n) is 8.22.